The molecule has 2 aliphatic rings. The Balaban J connectivity index is 1.37. The molecule has 0 aromatic heterocycles. The van der Waals surface area contributed by atoms with Gasteiger partial charge in [0, 0.05) is 32.7 Å². The van der Waals surface area contributed by atoms with E-state index >= 15 is 0 Å². The summed E-state index contributed by atoms with van der Waals surface area (Å²) in [7, 11) is 0. The van der Waals surface area contributed by atoms with Gasteiger partial charge in [-0.15, -0.1) is 0 Å². The van der Waals surface area contributed by atoms with Crippen LogP contribution < -0.4 is 0 Å². The van der Waals surface area contributed by atoms with Gasteiger partial charge in [-0.2, -0.15) is 0 Å². The summed E-state index contributed by atoms with van der Waals surface area (Å²) in [5.41, 5.74) is 1.04. The normalized spacial score (nSPS) is 25.5. The minimum Gasteiger partial charge on any atom is -0.445 e. The van der Waals surface area contributed by atoms with Gasteiger partial charge >= 0.3 is 6.09 Å². The number of carbonyl (C=O) groups excluding carboxylic acids is 1. The van der Waals surface area contributed by atoms with Crippen LogP contribution in [0.25, 0.3) is 0 Å². The van der Waals surface area contributed by atoms with Crippen molar-refractivity contribution in [3.8, 4) is 0 Å². The Labute approximate surface area is 145 Å². The maximum atomic E-state index is 12.2. The monoisotopic (exact) mass is 330 g/mol. The van der Waals surface area contributed by atoms with Crippen LogP contribution in [0.5, 0.6) is 0 Å². The van der Waals surface area contributed by atoms with E-state index in [0.29, 0.717) is 6.61 Å². The Morgan fingerprint density at radius 3 is 2.58 bits per heavy atom. The van der Waals surface area contributed by atoms with Crippen molar-refractivity contribution in [3.63, 3.8) is 0 Å². The van der Waals surface area contributed by atoms with Crippen LogP contribution >= 0.6 is 0 Å². The number of amides is 1. The molecule has 3 rings (SSSR count). The van der Waals surface area contributed by atoms with Gasteiger partial charge in [0.25, 0.3) is 0 Å². The third kappa shape index (κ3) is 4.97. The van der Waals surface area contributed by atoms with Crippen molar-refractivity contribution in [2.45, 2.75) is 39.2 Å². The second kappa shape index (κ2) is 8.52. The summed E-state index contributed by atoms with van der Waals surface area (Å²) in [4.78, 5) is 16.6. The average Bonchev–Trinajstić information content (AvgIpc) is 2.61. The Kier molecular flexibility index (Phi) is 6.13. The SMILES string of the molecule is C[C@H]1CCC[C@@H](CN2CCN(C(=O)OCc3ccccc3)CC2)C1. The highest BCUT2D eigenvalue weighted by atomic mass is 16.6. The van der Waals surface area contributed by atoms with Crippen LogP contribution in [0.4, 0.5) is 4.79 Å². The number of ether oxygens (including phenoxy) is 1. The molecule has 0 radical (unpaired) electrons. The van der Waals surface area contributed by atoms with Crippen LogP contribution in [-0.2, 0) is 11.3 Å². The van der Waals surface area contributed by atoms with E-state index in [0.717, 1.165) is 43.6 Å². The highest BCUT2D eigenvalue weighted by Gasteiger charge is 2.26. The second-order valence-corrected chi connectivity index (χ2v) is 7.47. The van der Waals surface area contributed by atoms with Crippen LogP contribution in [0.3, 0.4) is 0 Å². The number of hydrogen-bond donors (Lipinski definition) is 0. The van der Waals surface area contributed by atoms with Gasteiger partial charge in [0.2, 0.25) is 0 Å². The molecule has 132 valence electrons. The summed E-state index contributed by atoms with van der Waals surface area (Å²) in [5.74, 6) is 1.74. The summed E-state index contributed by atoms with van der Waals surface area (Å²) in [5, 5.41) is 0. The minimum absolute atomic E-state index is 0.176. The molecule has 0 unspecified atom stereocenters. The van der Waals surface area contributed by atoms with Crippen molar-refractivity contribution in [2.75, 3.05) is 32.7 Å². The molecule has 4 heteroatoms. The van der Waals surface area contributed by atoms with Gasteiger partial charge in [-0.1, -0.05) is 50.1 Å². The summed E-state index contributed by atoms with van der Waals surface area (Å²) in [6.07, 6.45) is 5.36. The lowest BCUT2D eigenvalue weighted by Gasteiger charge is -2.37. The first-order chi connectivity index (χ1) is 11.7. The fourth-order valence-corrected chi connectivity index (χ4v) is 4.01. The van der Waals surface area contributed by atoms with E-state index in [4.69, 9.17) is 4.74 Å². The van der Waals surface area contributed by atoms with E-state index < -0.39 is 0 Å². The molecule has 1 aliphatic carbocycles. The molecule has 0 bridgehead atoms. The maximum Gasteiger partial charge on any atom is 0.410 e. The van der Waals surface area contributed by atoms with Gasteiger partial charge in [-0.3, -0.25) is 4.90 Å². The van der Waals surface area contributed by atoms with Gasteiger partial charge in [0.1, 0.15) is 6.61 Å². The fraction of sp³-hybridized carbons (Fsp3) is 0.650. The Morgan fingerprint density at radius 1 is 1.12 bits per heavy atom. The summed E-state index contributed by atoms with van der Waals surface area (Å²) in [6, 6.07) is 9.87. The Hall–Kier alpha value is -1.55. The van der Waals surface area contributed by atoms with Crippen molar-refractivity contribution in [1.82, 2.24) is 9.80 Å². The third-order valence-electron chi connectivity index (χ3n) is 5.40. The van der Waals surface area contributed by atoms with Gasteiger partial charge in [0.15, 0.2) is 0 Å². The maximum absolute atomic E-state index is 12.2. The number of rotatable bonds is 4. The Morgan fingerprint density at radius 2 is 1.88 bits per heavy atom. The predicted molar refractivity (Wildman–Crippen MR) is 95.8 cm³/mol. The van der Waals surface area contributed by atoms with E-state index in [1.54, 1.807) is 0 Å². The van der Waals surface area contributed by atoms with E-state index in [-0.39, 0.29) is 6.09 Å². The third-order valence-corrected chi connectivity index (χ3v) is 5.40. The quantitative estimate of drug-likeness (QED) is 0.842. The summed E-state index contributed by atoms with van der Waals surface area (Å²) >= 11 is 0. The van der Waals surface area contributed by atoms with E-state index in [9.17, 15) is 4.79 Å². The molecule has 0 N–H and O–H groups in total. The van der Waals surface area contributed by atoms with Gasteiger partial charge < -0.3 is 9.64 Å². The molecular formula is C20H30N2O2. The van der Waals surface area contributed by atoms with Gasteiger partial charge in [-0.25, -0.2) is 4.79 Å². The summed E-state index contributed by atoms with van der Waals surface area (Å²) in [6.45, 7) is 7.48. The molecule has 2 fully saturated rings. The van der Waals surface area contributed by atoms with Crippen LogP contribution in [-0.4, -0.2) is 48.6 Å². The number of nitrogens with zero attached hydrogens (tertiary/aromatic N) is 2. The molecule has 2 atom stereocenters. The molecule has 1 aromatic rings. The van der Waals surface area contributed by atoms with Crippen molar-refractivity contribution in [1.29, 1.82) is 0 Å². The largest absolute Gasteiger partial charge is 0.445 e. The molecule has 0 spiro atoms. The highest BCUT2D eigenvalue weighted by molar-refractivity contribution is 5.67. The van der Waals surface area contributed by atoms with Crippen molar-refractivity contribution in [2.24, 2.45) is 11.8 Å². The first-order valence-corrected chi connectivity index (χ1v) is 9.38. The highest BCUT2D eigenvalue weighted by Crippen LogP contribution is 2.29. The lowest BCUT2D eigenvalue weighted by molar-refractivity contribution is 0.0645. The van der Waals surface area contributed by atoms with E-state index in [1.165, 1.54) is 32.2 Å². The number of benzene rings is 1. The van der Waals surface area contributed by atoms with Crippen molar-refractivity contribution >= 4 is 6.09 Å². The van der Waals surface area contributed by atoms with Gasteiger partial charge in [-0.05, 0) is 30.2 Å². The topological polar surface area (TPSA) is 32.8 Å². The Bertz CT molecular complexity index is 512. The van der Waals surface area contributed by atoms with Crippen LogP contribution in [0.2, 0.25) is 0 Å². The van der Waals surface area contributed by atoms with Crippen LogP contribution in [0.1, 0.15) is 38.2 Å². The first-order valence-electron chi connectivity index (χ1n) is 9.38. The molecule has 1 aliphatic heterocycles. The molecular weight excluding hydrogens is 300 g/mol. The van der Waals surface area contributed by atoms with Crippen molar-refractivity contribution < 1.29 is 9.53 Å². The number of piperazine rings is 1. The summed E-state index contributed by atoms with van der Waals surface area (Å²) < 4.78 is 5.44. The van der Waals surface area contributed by atoms with E-state index in [2.05, 4.69) is 11.8 Å². The molecule has 4 nitrogen and oxygen atoms in total. The second-order valence-electron chi connectivity index (χ2n) is 7.47. The van der Waals surface area contributed by atoms with Crippen molar-refractivity contribution in [3.05, 3.63) is 35.9 Å². The minimum atomic E-state index is -0.176. The standard InChI is InChI=1S/C20H30N2O2/c1-17-6-5-9-19(14-17)15-21-10-12-22(13-11-21)20(23)24-16-18-7-3-2-4-8-18/h2-4,7-8,17,19H,5-6,9-16H2,1H3/t17-,19+/m0/s1. The zero-order valence-electron chi connectivity index (χ0n) is 14.8. The lowest BCUT2D eigenvalue weighted by atomic mass is 9.82. The predicted octanol–water partition coefficient (Wildman–Crippen LogP) is 3.77. The molecule has 1 saturated carbocycles. The lowest BCUT2D eigenvalue weighted by Crippen LogP contribution is -2.50. The zero-order valence-corrected chi connectivity index (χ0v) is 14.8. The molecule has 24 heavy (non-hydrogen) atoms. The molecule has 1 heterocycles. The van der Waals surface area contributed by atoms with Gasteiger partial charge in [0.05, 0.1) is 0 Å². The number of hydrogen-bond acceptors (Lipinski definition) is 3. The molecule has 1 saturated heterocycles. The average molecular weight is 330 g/mol. The van der Waals surface area contributed by atoms with Crippen LogP contribution in [0, 0.1) is 11.8 Å². The zero-order chi connectivity index (χ0) is 16.8. The smallest absolute Gasteiger partial charge is 0.410 e. The fourth-order valence-electron chi connectivity index (χ4n) is 4.01. The number of carbonyl (C=O) groups is 1. The first kappa shape index (κ1) is 17.3. The molecule has 1 amide bonds. The van der Waals surface area contributed by atoms with Crippen LogP contribution in [0.15, 0.2) is 30.3 Å². The van der Waals surface area contributed by atoms with E-state index in [1.807, 2.05) is 35.2 Å². The molecule has 1 aromatic carbocycles.